The summed E-state index contributed by atoms with van der Waals surface area (Å²) in [5, 5.41) is 24.1. The second kappa shape index (κ2) is 7.61. The molecule has 24 heavy (non-hydrogen) atoms. The smallest absolute Gasteiger partial charge is 0.170 e. The molecule has 3 aromatic rings. The molecular formula is C15H14BrN7S. The second-order valence-corrected chi connectivity index (χ2v) is 7.09. The van der Waals surface area contributed by atoms with Crippen molar-refractivity contribution in [3.8, 4) is 6.07 Å². The van der Waals surface area contributed by atoms with E-state index in [4.69, 9.17) is 11.0 Å². The molecule has 0 unspecified atom stereocenters. The number of anilines is 1. The summed E-state index contributed by atoms with van der Waals surface area (Å²) in [5.74, 6) is 0.683. The van der Waals surface area contributed by atoms with Crippen molar-refractivity contribution in [3.63, 3.8) is 0 Å². The van der Waals surface area contributed by atoms with Crippen LogP contribution in [0.15, 0.2) is 29.0 Å². The van der Waals surface area contributed by atoms with Gasteiger partial charge in [-0.05, 0) is 45.3 Å². The fraction of sp³-hybridized carbons (Fsp3) is 0.267. The lowest BCUT2D eigenvalue weighted by Crippen LogP contribution is -2.21. The molecule has 0 saturated carbocycles. The Hall–Kier alpha value is -2.15. The first kappa shape index (κ1) is 16.7. The van der Waals surface area contributed by atoms with Crippen LogP contribution < -0.4 is 11.1 Å². The molecule has 3 rings (SSSR count). The van der Waals surface area contributed by atoms with Crippen LogP contribution in [0.1, 0.15) is 16.9 Å². The standard InChI is InChI=1S/C15H14BrN7S/c16-12-11(7-10(18)1-4-17)24-14-13(12)21-23-22-15(14)20-8-9-2-5-19-6-3-9/h2-3,5-6,10H,1,7-8,18H2,(H,20,21,22)/t10-/m0/s1. The molecule has 0 saturated heterocycles. The Labute approximate surface area is 151 Å². The predicted octanol–water partition coefficient (Wildman–Crippen LogP) is 2.64. The molecule has 0 aliphatic rings. The molecule has 0 bridgehead atoms. The normalized spacial score (nSPS) is 12.0. The number of nitriles is 1. The van der Waals surface area contributed by atoms with Crippen LogP contribution in [0, 0.1) is 11.3 Å². The number of thiophene rings is 1. The minimum Gasteiger partial charge on any atom is -0.363 e. The van der Waals surface area contributed by atoms with Crippen LogP contribution in [0.25, 0.3) is 10.2 Å². The number of halogens is 1. The first-order valence-corrected chi connectivity index (χ1v) is 8.85. The number of hydrogen-bond donors (Lipinski definition) is 2. The molecule has 1 atom stereocenters. The molecule has 3 aromatic heterocycles. The number of nitrogens with zero attached hydrogens (tertiary/aromatic N) is 5. The highest BCUT2D eigenvalue weighted by Crippen LogP contribution is 2.37. The van der Waals surface area contributed by atoms with Crippen LogP contribution in [0.2, 0.25) is 0 Å². The van der Waals surface area contributed by atoms with E-state index in [2.05, 4.69) is 47.7 Å². The predicted molar refractivity (Wildman–Crippen MR) is 96.4 cm³/mol. The minimum atomic E-state index is -0.200. The van der Waals surface area contributed by atoms with Gasteiger partial charge in [0.15, 0.2) is 5.82 Å². The number of rotatable bonds is 6. The van der Waals surface area contributed by atoms with Gasteiger partial charge >= 0.3 is 0 Å². The maximum Gasteiger partial charge on any atom is 0.170 e. The lowest BCUT2D eigenvalue weighted by atomic mass is 10.1. The fourth-order valence-electron chi connectivity index (χ4n) is 2.22. The third-order valence-corrected chi connectivity index (χ3v) is 5.73. The van der Waals surface area contributed by atoms with Gasteiger partial charge in [0.25, 0.3) is 0 Å². The Morgan fingerprint density at radius 2 is 2.12 bits per heavy atom. The maximum absolute atomic E-state index is 8.76. The van der Waals surface area contributed by atoms with E-state index in [1.54, 1.807) is 23.7 Å². The Morgan fingerprint density at radius 3 is 2.88 bits per heavy atom. The summed E-state index contributed by atoms with van der Waals surface area (Å²) in [6.07, 6.45) is 4.43. The molecule has 0 aromatic carbocycles. The topological polar surface area (TPSA) is 113 Å². The molecule has 9 heteroatoms. The van der Waals surface area contributed by atoms with Crippen LogP contribution in [0.3, 0.4) is 0 Å². The molecule has 3 N–H and O–H groups in total. The molecule has 0 amide bonds. The molecule has 0 aliphatic heterocycles. The molecular weight excluding hydrogens is 390 g/mol. The zero-order valence-corrected chi connectivity index (χ0v) is 15.0. The number of nitrogens with one attached hydrogen (secondary N) is 1. The van der Waals surface area contributed by atoms with Gasteiger partial charge in [0, 0.05) is 29.9 Å². The third-order valence-electron chi connectivity index (χ3n) is 3.41. The average Bonchev–Trinajstić information content (AvgIpc) is 2.91. The summed E-state index contributed by atoms with van der Waals surface area (Å²) in [7, 11) is 0. The van der Waals surface area contributed by atoms with Crippen LogP contribution in [0.4, 0.5) is 5.82 Å². The first-order valence-electron chi connectivity index (χ1n) is 7.24. The molecule has 0 radical (unpaired) electrons. The number of pyridine rings is 1. The van der Waals surface area contributed by atoms with Gasteiger partial charge in [-0.15, -0.1) is 21.5 Å². The van der Waals surface area contributed by atoms with E-state index in [0.717, 1.165) is 25.1 Å². The molecule has 0 spiro atoms. The zero-order chi connectivity index (χ0) is 16.9. The number of nitrogens with two attached hydrogens (primary N) is 1. The van der Waals surface area contributed by atoms with Crippen LogP contribution in [0.5, 0.6) is 0 Å². The van der Waals surface area contributed by atoms with Gasteiger partial charge in [0.2, 0.25) is 0 Å². The zero-order valence-electron chi connectivity index (χ0n) is 12.6. The molecule has 122 valence electrons. The van der Waals surface area contributed by atoms with E-state index in [0.29, 0.717) is 25.2 Å². The summed E-state index contributed by atoms with van der Waals surface area (Å²) in [4.78, 5) is 5.05. The number of aromatic nitrogens is 4. The van der Waals surface area contributed by atoms with Crippen molar-refractivity contribution in [2.45, 2.75) is 25.4 Å². The highest BCUT2D eigenvalue weighted by Gasteiger charge is 2.17. The summed E-state index contributed by atoms with van der Waals surface area (Å²) < 4.78 is 1.79. The third kappa shape index (κ3) is 3.67. The van der Waals surface area contributed by atoms with Crippen molar-refractivity contribution in [3.05, 3.63) is 39.4 Å². The maximum atomic E-state index is 8.76. The average molecular weight is 404 g/mol. The Bertz CT molecular complexity index is 875. The summed E-state index contributed by atoms with van der Waals surface area (Å²) >= 11 is 5.13. The first-order chi connectivity index (χ1) is 11.7. The summed E-state index contributed by atoms with van der Waals surface area (Å²) in [6.45, 7) is 0.620. The fourth-order valence-corrected chi connectivity index (χ4v) is 4.21. The summed E-state index contributed by atoms with van der Waals surface area (Å²) in [5.41, 5.74) is 7.83. The largest absolute Gasteiger partial charge is 0.363 e. The van der Waals surface area contributed by atoms with E-state index in [1.165, 1.54) is 0 Å². The number of fused-ring (bicyclic) bond motifs is 1. The van der Waals surface area contributed by atoms with Crippen molar-refractivity contribution < 1.29 is 0 Å². The van der Waals surface area contributed by atoms with Gasteiger partial charge in [0.1, 0.15) is 10.2 Å². The highest BCUT2D eigenvalue weighted by molar-refractivity contribution is 9.10. The van der Waals surface area contributed by atoms with Crippen LogP contribution >= 0.6 is 27.3 Å². The lowest BCUT2D eigenvalue weighted by Gasteiger charge is -2.05. The quantitative estimate of drug-likeness (QED) is 0.649. The van der Waals surface area contributed by atoms with E-state index < -0.39 is 0 Å². The Morgan fingerprint density at radius 1 is 1.33 bits per heavy atom. The van der Waals surface area contributed by atoms with Crippen molar-refractivity contribution in [2.75, 3.05) is 5.32 Å². The lowest BCUT2D eigenvalue weighted by molar-refractivity contribution is 0.690. The minimum absolute atomic E-state index is 0.200. The van der Waals surface area contributed by atoms with Crippen molar-refractivity contribution in [2.24, 2.45) is 5.73 Å². The van der Waals surface area contributed by atoms with Gasteiger partial charge in [-0.2, -0.15) is 5.26 Å². The molecule has 3 heterocycles. The second-order valence-electron chi connectivity index (χ2n) is 5.19. The SMILES string of the molecule is N#CC[C@H](N)Cc1sc2c(NCc3ccncc3)nnnc2c1Br. The van der Waals surface area contributed by atoms with E-state index in [-0.39, 0.29) is 6.04 Å². The van der Waals surface area contributed by atoms with Gasteiger partial charge in [0.05, 0.1) is 17.0 Å². The van der Waals surface area contributed by atoms with E-state index >= 15 is 0 Å². The molecule has 7 nitrogen and oxygen atoms in total. The van der Waals surface area contributed by atoms with Crippen molar-refractivity contribution in [1.29, 1.82) is 5.26 Å². The van der Waals surface area contributed by atoms with Crippen LogP contribution in [-0.2, 0) is 13.0 Å². The van der Waals surface area contributed by atoms with Crippen molar-refractivity contribution >= 4 is 43.3 Å². The van der Waals surface area contributed by atoms with Crippen LogP contribution in [-0.4, -0.2) is 26.4 Å². The highest BCUT2D eigenvalue weighted by atomic mass is 79.9. The Balaban J connectivity index is 1.85. The monoisotopic (exact) mass is 403 g/mol. The molecule has 0 fully saturated rings. The number of hydrogen-bond acceptors (Lipinski definition) is 8. The van der Waals surface area contributed by atoms with Gasteiger partial charge < -0.3 is 11.1 Å². The van der Waals surface area contributed by atoms with E-state index in [9.17, 15) is 0 Å². The van der Waals surface area contributed by atoms with Gasteiger partial charge in [-0.1, -0.05) is 0 Å². The molecule has 0 aliphatic carbocycles. The van der Waals surface area contributed by atoms with Gasteiger partial charge in [-0.3, -0.25) is 4.98 Å². The van der Waals surface area contributed by atoms with E-state index in [1.807, 2.05) is 12.1 Å². The van der Waals surface area contributed by atoms with Gasteiger partial charge in [-0.25, -0.2) is 0 Å². The summed E-state index contributed by atoms with van der Waals surface area (Å²) in [6, 6.07) is 5.78. The Kier molecular flexibility index (Phi) is 5.30. The van der Waals surface area contributed by atoms with Crippen molar-refractivity contribution in [1.82, 2.24) is 20.4 Å².